The van der Waals surface area contributed by atoms with Crippen LogP contribution in [0, 0.1) is 0 Å². The lowest BCUT2D eigenvalue weighted by Gasteiger charge is -2.31. The number of halogens is 2. The van der Waals surface area contributed by atoms with Crippen molar-refractivity contribution in [3.63, 3.8) is 0 Å². The SMILES string of the molecule is O=C(C=Cc1ccc(Cl)cc1Cl)NC1CCN(CC(=O)Nc2ccccc2)CC1. The third kappa shape index (κ3) is 6.89. The van der Waals surface area contributed by atoms with Crippen LogP contribution in [0.15, 0.2) is 54.6 Å². The second kappa shape index (κ2) is 10.4. The van der Waals surface area contributed by atoms with Crippen molar-refractivity contribution in [1.82, 2.24) is 10.2 Å². The molecule has 0 saturated carbocycles. The van der Waals surface area contributed by atoms with Gasteiger partial charge in [0.1, 0.15) is 0 Å². The molecule has 2 aromatic rings. The Balaban J connectivity index is 1.40. The summed E-state index contributed by atoms with van der Waals surface area (Å²) in [5.41, 5.74) is 1.54. The lowest BCUT2D eigenvalue weighted by molar-refractivity contribution is -0.119. The van der Waals surface area contributed by atoms with Crippen LogP contribution in [0.4, 0.5) is 5.69 Å². The van der Waals surface area contributed by atoms with Crippen LogP contribution in [-0.4, -0.2) is 42.4 Å². The summed E-state index contributed by atoms with van der Waals surface area (Å²) in [6, 6.07) is 14.7. The fraction of sp³-hybridized carbons (Fsp3) is 0.273. The third-order valence-electron chi connectivity index (χ3n) is 4.74. The molecule has 2 amide bonds. The summed E-state index contributed by atoms with van der Waals surface area (Å²) in [5, 5.41) is 6.97. The van der Waals surface area contributed by atoms with Crippen LogP contribution in [0.3, 0.4) is 0 Å². The summed E-state index contributed by atoms with van der Waals surface area (Å²) in [7, 11) is 0. The Morgan fingerprint density at radius 3 is 2.48 bits per heavy atom. The summed E-state index contributed by atoms with van der Waals surface area (Å²) in [4.78, 5) is 26.4. The zero-order valence-electron chi connectivity index (χ0n) is 15.9. The second-order valence-corrected chi connectivity index (χ2v) is 7.82. The molecule has 1 aliphatic heterocycles. The maximum Gasteiger partial charge on any atom is 0.244 e. The van der Waals surface area contributed by atoms with Crippen molar-refractivity contribution in [3.8, 4) is 0 Å². The minimum absolute atomic E-state index is 0.0264. The molecule has 0 aromatic heterocycles. The molecular formula is C22H23Cl2N3O2. The van der Waals surface area contributed by atoms with E-state index in [2.05, 4.69) is 15.5 Å². The standard InChI is InChI=1S/C22H23Cl2N3O2/c23-17-8-6-16(20(24)14-17)7-9-21(28)25-19-10-12-27(13-11-19)15-22(29)26-18-4-2-1-3-5-18/h1-9,14,19H,10-13,15H2,(H,25,28)(H,26,29). The molecule has 1 heterocycles. The number of rotatable bonds is 6. The number of anilines is 1. The fourth-order valence-corrected chi connectivity index (χ4v) is 3.68. The number of nitrogens with one attached hydrogen (secondary N) is 2. The number of benzene rings is 2. The molecule has 0 aliphatic carbocycles. The van der Waals surface area contributed by atoms with Crippen molar-refractivity contribution in [2.75, 3.05) is 25.0 Å². The highest BCUT2D eigenvalue weighted by atomic mass is 35.5. The first-order chi connectivity index (χ1) is 14.0. The Morgan fingerprint density at radius 2 is 1.79 bits per heavy atom. The van der Waals surface area contributed by atoms with Crippen LogP contribution < -0.4 is 10.6 Å². The Kier molecular flexibility index (Phi) is 7.69. The molecule has 0 bridgehead atoms. The molecule has 152 valence electrons. The van der Waals surface area contributed by atoms with E-state index < -0.39 is 0 Å². The molecule has 3 rings (SSSR count). The molecule has 5 nitrogen and oxygen atoms in total. The van der Waals surface area contributed by atoms with Gasteiger partial charge in [-0.1, -0.05) is 47.5 Å². The van der Waals surface area contributed by atoms with Crippen molar-refractivity contribution in [2.24, 2.45) is 0 Å². The van der Waals surface area contributed by atoms with E-state index in [9.17, 15) is 9.59 Å². The Labute approximate surface area is 180 Å². The molecule has 2 aromatic carbocycles. The molecule has 2 N–H and O–H groups in total. The van der Waals surface area contributed by atoms with E-state index in [1.807, 2.05) is 30.3 Å². The highest BCUT2D eigenvalue weighted by Gasteiger charge is 2.21. The molecule has 0 spiro atoms. The van der Waals surface area contributed by atoms with Gasteiger partial charge in [0.2, 0.25) is 11.8 Å². The van der Waals surface area contributed by atoms with Gasteiger partial charge in [-0.05, 0) is 48.7 Å². The molecule has 7 heteroatoms. The highest BCUT2D eigenvalue weighted by Crippen LogP contribution is 2.22. The number of likely N-dealkylation sites (tertiary alicyclic amines) is 1. The number of hydrogen-bond donors (Lipinski definition) is 2. The summed E-state index contributed by atoms with van der Waals surface area (Å²) in [6.45, 7) is 1.88. The van der Waals surface area contributed by atoms with E-state index in [1.165, 1.54) is 6.08 Å². The van der Waals surface area contributed by atoms with Crippen LogP contribution in [0.25, 0.3) is 6.08 Å². The lowest BCUT2D eigenvalue weighted by atomic mass is 10.0. The van der Waals surface area contributed by atoms with Gasteiger partial charge in [-0.3, -0.25) is 14.5 Å². The summed E-state index contributed by atoms with van der Waals surface area (Å²) in [6.07, 6.45) is 4.77. The number of hydrogen-bond acceptors (Lipinski definition) is 3. The predicted octanol–water partition coefficient (Wildman–Crippen LogP) is 4.23. The van der Waals surface area contributed by atoms with Gasteiger partial charge < -0.3 is 10.6 Å². The molecule has 1 aliphatic rings. The van der Waals surface area contributed by atoms with Crippen molar-refractivity contribution in [2.45, 2.75) is 18.9 Å². The first-order valence-electron chi connectivity index (χ1n) is 9.50. The van der Waals surface area contributed by atoms with Crippen molar-refractivity contribution < 1.29 is 9.59 Å². The van der Waals surface area contributed by atoms with Gasteiger partial charge in [0.15, 0.2) is 0 Å². The molecule has 1 fully saturated rings. The Morgan fingerprint density at radius 1 is 1.07 bits per heavy atom. The largest absolute Gasteiger partial charge is 0.350 e. The molecule has 0 unspecified atom stereocenters. The van der Waals surface area contributed by atoms with E-state index in [0.717, 1.165) is 37.2 Å². The number of carbonyl (C=O) groups excluding carboxylic acids is 2. The van der Waals surface area contributed by atoms with E-state index in [-0.39, 0.29) is 17.9 Å². The first-order valence-corrected chi connectivity index (χ1v) is 10.3. The normalized spacial score (nSPS) is 15.4. The number of amides is 2. The summed E-state index contributed by atoms with van der Waals surface area (Å²) in [5.74, 6) is -0.183. The van der Waals surface area contributed by atoms with Gasteiger partial charge in [-0.25, -0.2) is 0 Å². The van der Waals surface area contributed by atoms with Crippen LogP contribution in [0.2, 0.25) is 10.0 Å². The smallest absolute Gasteiger partial charge is 0.244 e. The average molecular weight is 432 g/mol. The van der Waals surface area contributed by atoms with Crippen molar-refractivity contribution >= 4 is 46.8 Å². The van der Waals surface area contributed by atoms with Crippen LogP contribution >= 0.6 is 23.2 Å². The minimum atomic E-state index is -0.156. The molecule has 0 atom stereocenters. The lowest BCUT2D eigenvalue weighted by Crippen LogP contribution is -2.46. The maximum absolute atomic E-state index is 12.2. The van der Waals surface area contributed by atoms with Gasteiger partial charge in [0.25, 0.3) is 0 Å². The topological polar surface area (TPSA) is 61.4 Å². The quantitative estimate of drug-likeness (QED) is 0.672. The summed E-state index contributed by atoms with van der Waals surface area (Å²) < 4.78 is 0. The minimum Gasteiger partial charge on any atom is -0.350 e. The van der Waals surface area contributed by atoms with E-state index in [1.54, 1.807) is 24.3 Å². The molecule has 0 radical (unpaired) electrons. The number of piperidine rings is 1. The average Bonchev–Trinajstić information content (AvgIpc) is 2.69. The van der Waals surface area contributed by atoms with Crippen LogP contribution in [-0.2, 0) is 9.59 Å². The maximum atomic E-state index is 12.2. The van der Waals surface area contributed by atoms with Crippen molar-refractivity contribution in [1.29, 1.82) is 0 Å². The monoisotopic (exact) mass is 431 g/mol. The number of nitrogens with zero attached hydrogens (tertiary/aromatic N) is 1. The summed E-state index contributed by atoms with van der Waals surface area (Å²) >= 11 is 12.0. The molecule has 1 saturated heterocycles. The molecular weight excluding hydrogens is 409 g/mol. The first kappa shape index (κ1) is 21.4. The Hall–Kier alpha value is -2.34. The van der Waals surface area contributed by atoms with Crippen molar-refractivity contribution in [3.05, 3.63) is 70.2 Å². The van der Waals surface area contributed by atoms with Gasteiger partial charge in [0, 0.05) is 40.9 Å². The van der Waals surface area contributed by atoms with E-state index >= 15 is 0 Å². The van der Waals surface area contributed by atoms with Gasteiger partial charge in [0.05, 0.1) is 6.54 Å². The highest BCUT2D eigenvalue weighted by molar-refractivity contribution is 6.35. The van der Waals surface area contributed by atoms with Gasteiger partial charge in [-0.15, -0.1) is 0 Å². The second-order valence-electron chi connectivity index (χ2n) is 6.97. The van der Waals surface area contributed by atoms with Crippen LogP contribution in [0.1, 0.15) is 18.4 Å². The third-order valence-corrected chi connectivity index (χ3v) is 5.30. The zero-order valence-corrected chi connectivity index (χ0v) is 17.4. The van der Waals surface area contributed by atoms with Crippen LogP contribution in [0.5, 0.6) is 0 Å². The fourth-order valence-electron chi connectivity index (χ4n) is 3.21. The Bertz CT molecular complexity index is 879. The number of carbonyl (C=O) groups is 2. The van der Waals surface area contributed by atoms with E-state index in [0.29, 0.717) is 16.6 Å². The number of para-hydroxylation sites is 1. The molecule has 29 heavy (non-hydrogen) atoms. The van der Waals surface area contributed by atoms with Gasteiger partial charge >= 0.3 is 0 Å². The van der Waals surface area contributed by atoms with Gasteiger partial charge in [-0.2, -0.15) is 0 Å². The van der Waals surface area contributed by atoms with E-state index in [4.69, 9.17) is 23.2 Å². The predicted molar refractivity (Wildman–Crippen MR) is 118 cm³/mol. The zero-order chi connectivity index (χ0) is 20.6.